The summed E-state index contributed by atoms with van der Waals surface area (Å²) in [6, 6.07) is 23.9. The molecule has 0 fully saturated rings. The third kappa shape index (κ3) is 8.64. The molecule has 2 aliphatic heterocycles. The van der Waals surface area contributed by atoms with Gasteiger partial charge in [-0.1, -0.05) is 86.6 Å². The summed E-state index contributed by atoms with van der Waals surface area (Å²) in [5.41, 5.74) is 9.18. The zero-order chi connectivity index (χ0) is 42.9. The normalized spacial score (nSPS) is 16.6. The molecule has 0 unspecified atom stereocenters. The topological polar surface area (TPSA) is 241 Å². The van der Waals surface area contributed by atoms with Gasteiger partial charge in [-0.3, -0.25) is 38.2 Å². The fourth-order valence-electron chi connectivity index (χ4n) is 8.11. The zero-order valence-electron chi connectivity index (χ0n) is 32.9. The number of nitrogens with one attached hydrogen (secondary N) is 4. The number of aromatic nitrogens is 1. The predicted molar refractivity (Wildman–Crippen MR) is 223 cm³/mol. The third-order valence-electron chi connectivity index (χ3n) is 11.1. The number of hydrogen-bond acceptors (Lipinski definition) is 7. The maximum atomic E-state index is 14.7. The monoisotopic (exact) mass is 832 g/mol. The van der Waals surface area contributed by atoms with Gasteiger partial charge >= 0.3 is 7.60 Å². The van der Waals surface area contributed by atoms with E-state index in [4.69, 9.17) is 5.73 Å². The number of rotatable bonds is 14. The highest BCUT2D eigenvalue weighted by Gasteiger charge is 2.46. The summed E-state index contributed by atoms with van der Waals surface area (Å²) in [6.07, 6.45) is 0.448. The second-order valence-electron chi connectivity index (χ2n) is 15.5. The molecule has 0 bridgehead atoms. The van der Waals surface area contributed by atoms with E-state index in [9.17, 15) is 43.1 Å². The average Bonchev–Trinajstić information content (AvgIpc) is 3.81. The van der Waals surface area contributed by atoms with Gasteiger partial charge in [-0.2, -0.15) is 0 Å². The number of aromatic amines is 1. The molecule has 3 heterocycles. The van der Waals surface area contributed by atoms with E-state index < -0.39 is 66.8 Å². The van der Waals surface area contributed by atoms with E-state index in [0.29, 0.717) is 23.0 Å². The van der Waals surface area contributed by atoms with Crippen molar-refractivity contribution in [1.82, 2.24) is 20.9 Å². The first-order valence-corrected chi connectivity index (χ1v) is 21.2. The van der Waals surface area contributed by atoms with Crippen LogP contribution in [0.4, 0.5) is 5.69 Å². The largest absolute Gasteiger partial charge is 0.396 e. The van der Waals surface area contributed by atoms with Crippen LogP contribution in [0.3, 0.4) is 0 Å². The number of primary amides is 1. The number of H-pyrrole nitrogens is 1. The van der Waals surface area contributed by atoms with Crippen LogP contribution in [0.1, 0.15) is 93.7 Å². The lowest BCUT2D eigenvalue weighted by atomic mass is 9.91. The summed E-state index contributed by atoms with van der Waals surface area (Å²) >= 11 is 0. The van der Waals surface area contributed by atoms with Crippen LogP contribution in [0.2, 0.25) is 0 Å². The van der Waals surface area contributed by atoms with Crippen LogP contribution in [0.5, 0.6) is 0 Å². The average molecular weight is 833 g/mol. The van der Waals surface area contributed by atoms with Gasteiger partial charge < -0.3 is 36.5 Å². The Bertz CT molecular complexity index is 2510. The standard InChI is InChI=1S/C44H45N6O9P/c1-24(2)30-16-13-27-14-18-34(48-41(53)35-22-29-21-28(15-17-32(29)46-35)44(56)60(57,58)59)43(55)50-36(23-31(30)39(27)50)42(54)47-33(19-20-37(45)51)40(52)49-38(25-9-5-3-6-10-25)26-11-7-4-8-12-26/h3-13,15-17,21-22,24,33-34,36,38,46H,14,18-20,23H2,1-2H3,(H2,45,51)(H,47,54)(H,48,53)(H,49,52)(H2,57,58,59)/t33-,34-,36-/m0/s1. The third-order valence-corrected chi connectivity index (χ3v) is 11.8. The summed E-state index contributed by atoms with van der Waals surface area (Å²) in [5, 5.41) is 9.06. The van der Waals surface area contributed by atoms with Crippen LogP contribution >= 0.6 is 7.60 Å². The summed E-state index contributed by atoms with van der Waals surface area (Å²) < 4.78 is 11.6. The number of aryl methyl sites for hydroxylation is 1. The fraction of sp³-hybridized carbons (Fsp3) is 0.273. The summed E-state index contributed by atoms with van der Waals surface area (Å²) in [6.45, 7) is 4.03. The van der Waals surface area contributed by atoms with E-state index in [1.807, 2.05) is 86.6 Å². The number of fused-ring (bicyclic) bond motifs is 1. The number of nitrogens with two attached hydrogens (primary N) is 1. The van der Waals surface area contributed by atoms with Gasteiger partial charge in [-0.25, -0.2) is 0 Å². The highest BCUT2D eigenvalue weighted by atomic mass is 31.2. The van der Waals surface area contributed by atoms with Gasteiger partial charge in [0.2, 0.25) is 23.6 Å². The van der Waals surface area contributed by atoms with Crippen molar-refractivity contribution < 1.29 is 43.1 Å². The molecule has 3 atom stereocenters. The minimum absolute atomic E-state index is 0.0338. The molecule has 16 heteroatoms. The molecule has 2 aliphatic rings. The smallest absolute Gasteiger partial charge is 0.370 e. The van der Waals surface area contributed by atoms with Crippen molar-refractivity contribution in [3.05, 3.63) is 136 Å². The molecule has 0 saturated heterocycles. The number of carbonyl (C=O) groups excluding carboxylic acids is 6. The van der Waals surface area contributed by atoms with Gasteiger partial charge in [0, 0.05) is 29.3 Å². The lowest BCUT2D eigenvalue weighted by Crippen LogP contribution is -2.57. The van der Waals surface area contributed by atoms with Gasteiger partial charge in [-0.15, -0.1) is 0 Å². The quantitative estimate of drug-likeness (QED) is 0.0790. The molecule has 0 saturated carbocycles. The van der Waals surface area contributed by atoms with Crippen molar-refractivity contribution in [3.8, 4) is 0 Å². The molecule has 7 rings (SSSR count). The molecular weight excluding hydrogens is 787 g/mol. The van der Waals surface area contributed by atoms with E-state index in [1.54, 1.807) is 0 Å². The van der Waals surface area contributed by atoms with Crippen molar-refractivity contribution in [2.45, 2.75) is 76.0 Å². The van der Waals surface area contributed by atoms with Crippen molar-refractivity contribution in [2.24, 2.45) is 5.73 Å². The number of hydrogen-bond donors (Lipinski definition) is 7. The van der Waals surface area contributed by atoms with Crippen molar-refractivity contribution in [2.75, 3.05) is 4.90 Å². The Morgan fingerprint density at radius 1 is 0.900 bits per heavy atom. The maximum absolute atomic E-state index is 14.7. The van der Waals surface area contributed by atoms with Gasteiger partial charge in [0.15, 0.2) is 0 Å². The maximum Gasteiger partial charge on any atom is 0.396 e. The van der Waals surface area contributed by atoms with E-state index in [1.165, 1.54) is 29.2 Å². The van der Waals surface area contributed by atoms with Crippen LogP contribution < -0.4 is 26.6 Å². The van der Waals surface area contributed by atoms with Crippen molar-refractivity contribution >= 4 is 59.2 Å². The molecule has 8 N–H and O–H groups in total. The van der Waals surface area contributed by atoms with E-state index in [-0.39, 0.29) is 42.9 Å². The zero-order valence-corrected chi connectivity index (χ0v) is 33.8. The number of carbonyl (C=O) groups is 6. The van der Waals surface area contributed by atoms with Crippen LogP contribution in [0.15, 0.2) is 97.1 Å². The van der Waals surface area contributed by atoms with E-state index in [0.717, 1.165) is 27.8 Å². The lowest BCUT2D eigenvalue weighted by molar-refractivity contribution is -0.131. The molecule has 310 valence electrons. The van der Waals surface area contributed by atoms with Gasteiger partial charge in [0.25, 0.3) is 11.4 Å². The molecule has 5 amide bonds. The van der Waals surface area contributed by atoms with Gasteiger partial charge in [0.1, 0.15) is 23.8 Å². The first-order chi connectivity index (χ1) is 28.6. The Labute approximate surface area is 345 Å². The van der Waals surface area contributed by atoms with Crippen LogP contribution in [0, 0.1) is 0 Å². The Morgan fingerprint density at radius 2 is 1.57 bits per heavy atom. The minimum Gasteiger partial charge on any atom is -0.370 e. The molecule has 4 aromatic carbocycles. The molecular formula is C44H45N6O9P. The number of nitrogens with zero attached hydrogens (tertiary/aromatic N) is 1. The summed E-state index contributed by atoms with van der Waals surface area (Å²) in [5.74, 6) is -2.97. The molecule has 1 aromatic heterocycles. The molecule has 0 radical (unpaired) electrons. The molecule has 5 aromatic rings. The molecule has 0 aliphatic carbocycles. The number of benzene rings is 4. The highest BCUT2D eigenvalue weighted by molar-refractivity contribution is 7.70. The lowest BCUT2D eigenvalue weighted by Gasteiger charge is -2.29. The summed E-state index contributed by atoms with van der Waals surface area (Å²) in [4.78, 5) is 104. The predicted octanol–water partition coefficient (Wildman–Crippen LogP) is 4.27. The van der Waals surface area contributed by atoms with Crippen LogP contribution in [-0.4, -0.2) is 68.0 Å². The number of anilines is 1. The Balaban J connectivity index is 1.16. The molecule has 15 nitrogen and oxygen atoms in total. The van der Waals surface area contributed by atoms with Crippen molar-refractivity contribution in [3.63, 3.8) is 0 Å². The minimum atomic E-state index is -5.04. The van der Waals surface area contributed by atoms with Crippen molar-refractivity contribution in [1.29, 1.82) is 0 Å². The summed E-state index contributed by atoms with van der Waals surface area (Å²) in [7, 11) is -5.04. The first-order valence-electron chi connectivity index (χ1n) is 19.6. The molecule has 60 heavy (non-hydrogen) atoms. The Hall–Kier alpha value is -6.41. The SMILES string of the molecule is CC(C)c1ccc2c3c1C[C@@H](C(=O)N[C@@H](CCC(N)=O)C(=O)NC(c1ccccc1)c1ccccc1)N3C(=O)[C@@H](NC(=O)c1cc3cc(C(=O)P(=O)(O)O)ccc3[nH]1)CC2. The molecule has 0 spiro atoms. The second-order valence-corrected chi connectivity index (χ2v) is 16.9. The van der Waals surface area contributed by atoms with Crippen LogP contribution in [0.25, 0.3) is 10.9 Å². The first kappa shape index (κ1) is 41.7. The van der Waals surface area contributed by atoms with Gasteiger partial charge in [-0.05, 0) is 77.3 Å². The Morgan fingerprint density at radius 3 is 2.18 bits per heavy atom. The van der Waals surface area contributed by atoms with Gasteiger partial charge in [0.05, 0.1) is 11.7 Å². The Kier molecular flexibility index (Phi) is 11.9. The number of amides is 5. The highest BCUT2D eigenvalue weighted by Crippen LogP contribution is 2.43. The van der Waals surface area contributed by atoms with E-state index in [2.05, 4.69) is 20.9 Å². The van der Waals surface area contributed by atoms with E-state index >= 15 is 0 Å². The fourth-order valence-corrected chi connectivity index (χ4v) is 8.58. The van der Waals surface area contributed by atoms with Crippen LogP contribution in [-0.2, 0) is 36.6 Å². The second kappa shape index (κ2) is 17.1.